The van der Waals surface area contributed by atoms with Gasteiger partial charge in [-0.15, -0.1) is 6.58 Å². The molecule has 2 N–H and O–H groups in total. The van der Waals surface area contributed by atoms with Crippen molar-refractivity contribution in [1.29, 1.82) is 0 Å². The average molecular weight is 460 g/mol. The number of carbonyl (C=O) groups is 2. The quantitative estimate of drug-likeness (QED) is 0.345. The highest BCUT2D eigenvalue weighted by atomic mass is 16.5. The van der Waals surface area contributed by atoms with Gasteiger partial charge in [0.15, 0.2) is 11.5 Å². The van der Waals surface area contributed by atoms with E-state index in [9.17, 15) is 9.59 Å². The Morgan fingerprint density at radius 1 is 1.12 bits per heavy atom. The van der Waals surface area contributed by atoms with Gasteiger partial charge in [-0.2, -0.15) is 5.10 Å². The number of carbonyl (C=O) groups excluding carboxylic acids is 2. The van der Waals surface area contributed by atoms with Gasteiger partial charge in [0.05, 0.1) is 18.5 Å². The van der Waals surface area contributed by atoms with E-state index in [0.29, 0.717) is 17.9 Å². The van der Waals surface area contributed by atoms with Crippen molar-refractivity contribution in [2.24, 2.45) is 7.05 Å². The molecule has 0 radical (unpaired) electrons. The molecular weight excluding hydrogens is 436 g/mol. The molecule has 0 saturated carbocycles. The molecule has 9 heteroatoms. The number of para-hydroxylation sites is 1. The Hall–Kier alpha value is -4.53. The Labute approximate surface area is 196 Å². The van der Waals surface area contributed by atoms with Gasteiger partial charge < -0.3 is 24.2 Å². The second-order valence-corrected chi connectivity index (χ2v) is 7.44. The first-order valence-corrected chi connectivity index (χ1v) is 10.6. The number of nitrogens with zero attached hydrogens (tertiary/aromatic N) is 2. The second kappa shape index (κ2) is 10.4. The van der Waals surface area contributed by atoms with Gasteiger partial charge in [-0.05, 0) is 42.3 Å². The van der Waals surface area contributed by atoms with E-state index in [2.05, 4.69) is 22.3 Å². The van der Waals surface area contributed by atoms with Crippen LogP contribution in [0.2, 0.25) is 0 Å². The molecule has 0 unspecified atom stereocenters. The van der Waals surface area contributed by atoms with Crippen molar-refractivity contribution >= 4 is 17.5 Å². The molecule has 0 saturated heterocycles. The molecule has 0 bridgehead atoms. The molecular formula is C25H24N4O5. The summed E-state index contributed by atoms with van der Waals surface area (Å²) in [6, 6.07) is 14.4. The normalized spacial score (nSPS) is 10.6. The summed E-state index contributed by atoms with van der Waals surface area (Å²) < 4.78 is 18.2. The predicted molar refractivity (Wildman–Crippen MR) is 124 cm³/mol. The number of benzene rings is 1. The number of amides is 2. The van der Waals surface area contributed by atoms with Crippen molar-refractivity contribution in [2.45, 2.75) is 19.6 Å². The first-order chi connectivity index (χ1) is 16.5. The summed E-state index contributed by atoms with van der Waals surface area (Å²) in [6.07, 6.45) is 5.56. The van der Waals surface area contributed by atoms with E-state index in [1.807, 2.05) is 30.3 Å². The van der Waals surface area contributed by atoms with Crippen molar-refractivity contribution in [3.63, 3.8) is 0 Å². The zero-order chi connectivity index (χ0) is 23.9. The van der Waals surface area contributed by atoms with Gasteiger partial charge in [0.25, 0.3) is 11.8 Å². The fourth-order valence-corrected chi connectivity index (χ4v) is 3.29. The molecule has 4 rings (SSSR count). The molecule has 2 amide bonds. The van der Waals surface area contributed by atoms with E-state index in [4.69, 9.17) is 13.6 Å². The van der Waals surface area contributed by atoms with Crippen molar-refractivity contribution in [3.05, 3.63) is 102 Å². The molecule has 3 aromatic heterocycles. The summed E-state index contributed by atoms with van der Waals surface area (Å²) in [5.41, 5.74) is 1.35. The average Bonchev–Trinajstić information content (AvgIpc) is 3.59. The van der Waals surface area contributed by atoms with Crippen molar-refractivity contribution in [3.8, 4) is 5.75 Å². The maximum Gasteiger partial charge on any atom is 0.291 e. The van der Waals surface area contributed by atoms with Crippen LogP contribution in [0.15, 0.2) is 82.5 Å². The lowest BCUT2D eigenvalue weighted by Crippen LogP contribution is -2.25. The number of furan rings is 2. The van der Waals surface area contributed by atoms with E-state index < -0.39 is 11.8 Å². The number of hydrogen-bond donors (Lipinski definition) is 2. The van der Waals surface area contributed by atoms with Crippen LogP contribution in [0.5, 0.6) is 5.75 Å². The smallest absolute Gasteiger partial charge is 0.291 e. The fourth-order valence-electron chi connectivity index (χ4n) is 3.29. The van der Waals surface area contributed by atoms with Gasteiger partial charge in [0, 0.05) is 13.2 Å². The van der Waals surface area contributed by atoms with E-state index in [1.165, 1.54) is 10.9 Å². The number of ether oxygens (including phenoxy) is 1. The second-order valence-electron chi connectivity index (χ2n) is 7.44. The lowest BCUT2D eigenvalue weighted by atomic mass is 10.1. The molecule has 0 spiro atoms. The minimum absolute atomic E-state index is 0.0799. The Morgan fingerprint density at radius 3 is 2.76 bits per heavy atom. The minimum Gasteiger partial charge on any atom is -0.485 e. The standard InChI is InChI=1S/C25H24N4O5/c1-3-7-17-8-4-5-10-21(17)33-16-19-11-12-22(34-19)24(30)27-20-15-29(2)28-23(20)25(31)26-14-18-9-6-13-32-18/h3-6,8-13,15H,1,7,14,16H2,2H3,(H,26,31)(H,27,30). The third-order valence-corrected chi connectivity index (χ3v) is 4.89. The van der Waals surface area contributed by atoms with E-state index >= 15 is 0 Å². The van der Waals surface area contributed by atoms with Crippen LogP contribution in [0.4, 0.5) is 5.69 Å². The van der Waals surface area contributed by atoms with E-state index in [-0.39, 0.29) is 30.3 Å². The summed E-state index contributed by atoms with van der Waals surface area (Å²) in [5.74, 6) is 0.952. The molecule has 0 aliphatic carbocycles. The third kappa shape index (κ3) is 5.44. The number of nitrogens with one attached hydrogen (secondary N) is 2. The van der Waals surface area contributed by atoms with Crippen LogP contribution < -0.4 is 15.4 Å². The maximum atomic E-state index is 12.7. The summed E-state index contributed by atoms with van der Waals surface area (Å²) >= 11 is 0. The lowest BCUT2D eigenvalue weighted by Gasteiger charge is -2.09. The summed E-state index contributed by atoms with van der Waals surface area (Å²) in [5, 5.41) is 9.55. The molecule has 0 fully saturated rings. The number of aryl methyl sites for hydroxylation is 1. The summed E-state index contributed by atoms with van der Waals surface area (Å²) in [7, 11) is 1.66. The molecule has 3 heterocycles. The monoisotopic (exact) mass is 460 g/mol. The lowest BCUT2D eigenvalue weighted by molar-refractivity contribution is 0.0943. The topological polar surface area (TPSA) is 112 Å². The van der Waals surface area contributed by atoms with Crippen LogP contribution in [-0.4, -0.2) is 21.6 Å². The molecule has 1 aromatic carbocycles. The highest BCUT2D eigenvalue weighted by Crippen LogP contribution is 2.21. The van der Waals surface area contributed by atoms with E-state index in [0.717, 1.165) is 11.3 Å². The van der Waals surface area contributed by atoms with E-state index in [1.54, 1.807) is 37.5 Å². The Morgan fingerprint density at radius 2 is 1.97 bits per heavy atom. The number of rotatable bonds is 10. The summed E-state index contributed by atoms with van der Waals surface area (Å²) in [4.78, 5) is 25.3. The highest BCUT2D eigenvalue weighted by molar-refractivity contribution is 6.07. The van der Waals surface area contributed by atoms with Gasteiger partial charge in [-0.1, -0.05) is 24.3 Å². The van der Waals surface area contributed by atoms with Gasteiger partial charge in [-0.25, -0.2) is 0 Å². The molecule has 34 heavy (non-hydrogen) atoms. The Balaban J connectivity index is 1.38. The molecule has 0 atom stereocenters. The molecule has 9 nitrogen and oxygen atoms in total. The highest BCUT2D eigenvalue weighted by Gasteiger charge is 2.20. The SMILES string of the molecule is C=CCc1ccccc1OCc1ccc(C(=O)Nc2cn(C)nc2C(=O)NCc2ccco2)o1. The zero-order valence-corrected chi connectivity index (χ0v) is 18.6. The first kappa shape index (κ1) is 22.7. The number of allylic oxidation sites excluding steroid dienone is 1. The van der Waals surface area contributed by atoms with Crippen molar-refractivity contribution in [1.82, 2.24) is 15.1 Å². The summed E-state index contributed by atoms with van der Waals surface area (Å²) in [6.45, 7) is 4.12. The molecule has 0 aliphatic heterocycles. The number of aromatic nitrogens is 2. The van der Waals surface area contributed by atoms with Crippen LogP contribution in [0, 0.1) is 0 Å². The van der Waals surface area contributed by atoms with Crippen LogP contribution in [-0.2, 0) is 26.6 Å². The molecule has 4 aromatic rings. The first-order valence-electron chi connectivity index (χ1n) is 10.6. The number of hydrogen-bond acceptors (Lipinski definition) is 6. The van der Waals surface area contributed by atoms with Gasteiger partial charge in [0.1, 0.15) is 23.9 Å². The molecule has 174 valence electrons. The Kier molecular flexibility index (Phi) is 6.92. The van der Waals surface area contributed by atoms with Crippen LogP contribution in [0.25, 0.3) is 0 Å². The molecule has 0 aliphatic rings. The van der Waals surface area contributed by atoms with Gasteiger partial charge >= 0.3 is 0 Å². The zero-order valence-electron chi connectivity index (χ0n) is 18.6. The largest absolute Gasteiger partial charge is 0.485 e. The fraction of sp³-hybridized carbons (Fsp3) is 0.160. The number of anilines is 1. The Bertz CT molecular complexity index is 1290. The van der Waals surface area contributed by atoms with Gasteiger partial charge in [0.2, 0.25) is 0 Å². The van der Waals surface area contributed by atoms with Crippen LogP contribution in [0.1, 0.15) is 38.1 Å². The minimum atomic E-state index is -0.508. The predicted octanol–water partition coefficient (Wildman–Crippen LogP) is 4.10. The van der Waals surface area contributed by atoms with Crippen molar-refractivity contribution in [2.75, 3.05) is 5.32 Å². The third-order valence-electron chi connectivity index (χ3n) is 4.89. The maximum absolute atomic E-state index is 12.7. The van der Waals surface area contributed by atoms with Crippen LogP contribution >= 0.6 is 0 Å². The van der Waals surface area contributed by atoms with Gasteiger partial charge in [-0.3, -0.25) is 14.3 Å². The van der Waals surface area contributed by atoms with Crippen LogP contribution in [0.3, 0.4) is 0 Å². The van der Waals surface area contributed by atoms with Crippen molar-refractivity contribution < 1.29 is 23.2 Å².